The molecule has 3 amide bonds. The Morgan fingerprint density at radius 2 is 1.79 bits per heavy atom. The number of carbonyl (C=O) groups excluding carboxylic acids is 2. The smallest absolute Gasteiger partial charge is 0.326 e. The van der Waals surface area contributed by atoms with E-state index in [2.05, 4.69) is 25.9 Å². The maximum Gasteiger partial charge on any atom is 0.326 e. The summed E-state index contributed by atoms with van der Waals surface area (Å²) in [4.78, 5) is 34.3. The molecule has 152 valence electrons. The predicted molar refractivity (Wildman–Crippen MR) is 114 cm³/mol. The lowest BCUT2D eigenvalue weighted by molar-refractivity contribution is 0.217. The maximum absolute atomic E-state index is 12.2. The van der Waals surface area contributed by atoms with Crippen molar-refractivity contribution in [1.29, 1.82) is 0 Å². The van der Waals surface area contributed by atoms with Crippen LogP contribution < -0.4 is 16.0 Å². The summed E-state index contributed by atoms with van der Waals surface area (Å²) in [6.45, 7) is 7.53. The molecule has 0 saturated carbocycles. The van der Waals surface area contributed by atoms with Crippen molar-refractivity contribution in [3.05, 3.63) is 42.9 Å². The molecule has 0 aliphatic heterocycles. The maximum atomic E-state index is 12.2. The largest absolute Gasteiger partial charge is 0.340 e. The van der Waals surface area contributed by atoms with Gasteiger partial charge in [-0.15, -0.1) is 0 Å². The first-order valence-electron chi connectivity index (χ1n) is 9.60. The fourth-order valence-electron chi connectivity index (χ4n) is 2.98. The van der Waals surface area contributed by atoms with Crippen molar-refractivity contribution in [2.75, 3.05) is 30.3 Å². The van der Waals surface area contributed by atoms with Crippen LogP contribution in [0.2, 0.25) is 0 Å². The number of hydrogen-bond acceptors (Lipinski definition) is 5. The van der Waals surface area contributed by atoms with Crippen molar-refractivity contribution < 1.29 is 9.59 Å². The summed E-state index contributed by atoms with van der Waals surface area (Å²) in [5.74, 6) is 0.972. The van der Waals surface area contributed by atoms with Gasteiger partial charge in [-0.3, -0.25) is 9.88 Å². The van der Waals surface area contributed by atoms with Crippen LogP contribution in [0.4, 0.5) is 26.9 Å². The van der Waals surface area contributed by atoms with Gasteiger partial charge in [-0.2, -0.15) is 0 Å². The molecule has 0 atom stereocenters. The van der Waals surface area contributed by atoms with E-state index in [9.17, 15) is 9.59 Å². The van der Waals surface area contributed by atoms with Crippen molar-refractivity contribution in [3.63, 3.8) is 0 Å². The highest BCUT2D eigenvalue weighted by molar-refractivity contribution is 5.93. The third-order valence-electron chi connectivity index (χ3n) is 4.46. The van der Waals surface area contributed by atoms with Gasteiger partial charge in [0.15, 0.2) is 0 Å². The number of nitrogens with one attached hydrogen (secondary N) is 3. The fourth-order valence-corrected chi connectivity index (χ4v) is 2.98. The molecule has 0 aliphatic rings. The van der Waals surface area contributed by atoms with E-state index in [1.54, 1.807) is 21.7 Å². The predicted octanol–water partition coefficient (Wildman–Crippen LogP) is 3.63. The van der Waals surface area contributed by atoms with Gasteiger partial charge in [0.05, 0.1) is 5.52 Å². The van der Waals surface area contributed by atoms with Crippen LogP contribution in [0.15, 0.2) is 42.9 Å². The summed E-state index contributed by atoms with van der Waals surface area (Å²) in [6, 6.07) is 8.87. The van der Waals surface area contributed by atoms with Gasteiger partial charge in [-0.1, -0.05) is 0 Å². The van der Waals surface area contributed by atoms with E-state index < -0.39 is 0 Å². The Hall–Kier alpha value is -3.62. The van der Waals surface area contributed by atoms with E-state index in [1.165, 1.54) is 6.33 Å². The minimum atomic E-state index is -0.201. The van der Waals surface area contributed by atoms with Crippen LogP contribution in [0.25, 0.3) is 10.9 Å². The number of hydrogen-bond donors (Lipinski definition) is 3. The highest BCUT2D eigenvalue weighted by atomic mass is 16.2. The van der Waals surface area contributed by atoms with Crippen LogP contribution in [0, 0.1) is 0 Å². The van der Waals surface area contributed by atoms with Crippen LogP contribution in [-0.4, -0.2) is 51.1 Å². The van der Waals surface area contributed by atoms with Gasteiger partial charge < -0.3 is 15.5 Å². The minimum absolute atomic E-state index is 0.160. The number of urea groups is 1. The second-order valence-corrected chi connectivity index (χ2v) is 6.31. The molecule has 0 fully saturated rings. The van der Waals surface area contributed by atoms with E-state index >= 15 is 0 Å². The Kier molecular flexibility index (Phi) is 6.28. The normalized spacial score (nSPS) is 10.6. The summed E-state index contributed by atoms with van der Waals surface area (Å²) in [5.41, 5.74) is 1.63. The SMILES string of the molecule is CCNC(=O)n1ccc2cc(Nc3cc(NC(=O)N(CC)CC)ncn3)ccc21. The molecule has 3 aromatic rings. The summed E-state index contributed by atoms with van der Waals surface area (Å²) < 4.78 is 1.58. The number of aromatic nitrogens is 3. The summed E-state index contributed by atoms with van der Waals surface area (Å²) in [5, 5.41) is 9.69. The van der Waals surface area contributed by atoms with E-state index in [0.717, 1.165) is 16.6 Å². The molecule has 9 nitrogen and oxygen atoms in total. The first-order chi connectivity index (χ1) is 14.0. The lowest BCUT2D eigenvalue weighted by atomic mass is 10.2. The Bertz CT molecular complexity index is 1010. The molecule has 0 aliphatic carbocycles. The van der Waals surface area contributed by atoms with Crippen LogP contribution >= 0.6 is 0 Å². The van der Waals surface area contributed by atoms with Gasteiger partial charge in [-0.05, 0) is 45.0 Å². The van der Waals surface area contributed by atoms with E-state index in [0.29, 0.717) is 31.3 Å². The second kappa shape index (κ2) is 9.05. The molecule has 9 heteroatoms. The van der Waals surface area contributed by atoms with E-state index in [4.69, 9.17) is 0 Å². The van der Waals surface area contributed by atoms with Gasteiger partial charge in [0.1, 0.15) is 18.0 Å². The van der Waals surface area contributed by atoms with E-state index in [1.807, 2.05) is 45.0 Å². The zero-order chi connectivity index (χ0) is 20.8. The third kappa shape index (κ3) is 4.63. The number of anilines is 3. The lowest BCUT2D eigenvalue weighted by Gasteiger charge is -2.18. The summed E-state index contributed by atoms with van der Waals surface area (Å²) in [6.07, 6.45) is 3.13. The van der Waals surface area contributed by atoms with Crippen LogP contribution in [0.1, 0.15) is 20.8 Å². The van der Waals surface area contributed by atoms with Crippen molar-refractivity contribution in [3.8, 4) is 0 Å². The van der Waals surface area contributed by atoms with E-state index in [-0.39, 0.29) is 12.1 Å². The van der Waals surface area contributed by atoms with Crippen LogP contribution in [0.3, 0.4) is 0 Å². The van der Waals surface area contributed by atoms with Crippen LogP contribution in [0.5, 0.6) is 0 Å². The molecule has 0 saturated heterocycles. The molecule has 2 heterocycles. The second-order valence-electron chi connectivity index (χ2n) is 6.31. The molecule has 0 radical (unpaired) electrons. The highest BCUT2D eigenvalue weighted by Gasteiger charge is 2.11. The molecule has 29 heavy (non-hydrogen) atoms. The van der Waals surface area contributed by atoms with Crippen molar-refractivity contribution in [2.45, 2.75) is 20.8 Å². The molecular formula is C20H25N7O2. The molecule has 0 bridgehead atoms. The topological polar surface area (TPSA) is 104 Å². The Balaban J connectivity index is 1.75. The molecule has 1 aromatic carbocycles. The number of benzene rings is 1. The molecule has 2 aromatic heterocycles. The average Bonchev–Trinajstić information content (AvgIpc) is 3.13. The Morgan fingerprint density at radius 3 is 2.52 bits per heavy atom. The molecular weight excluding hydrogens is 370 g/mol. The molecule has 0 spiro atoms. The van der Waals surface area contributed by atoms with Crippen molar-refractivity contribution in [1.82, 2.24) is 24.8 Å². The minimum Gasteiger partial charge on any atom is -0.340 e. The number of amides is 3. The zero-order valence-electron chi connectivity index (χ0n) is 16.8. The lowest BCUT2D eigenvalue weighted by Crippen LogP contribution is -2.34. The monoisotopic (exact) mass is 395 g/mol. The summed E-state index contributed by atoms with van der Waals surface area (Å²) in [7, 11) is 0. The third-order valence-corrected chi connectivity index (χ3v) is 4.46. The van der Waals surface area contributed by atoms with Gasteiger partial charge >= 0.3 is 12.1 Å². The first-order valence-corrected chi connectivity index (χ1v) is 9.60. The number of fused-ring (bicyclic) bond motifs is 1. The van der Waals surface area contributed by atoms with Gasteiger partial charge in [0, 0.05) is 43.0 Å². The number of rotatable bonds is 6. The Morgan fingerprint density at radius 1 is 1.03 bits per heavy atom. The van der Waals surface area contributed by atoms with Crippen molar-refractivity contribution in [2.24, 2.45) is 0 Å². The number of nitrogens with zero attached hydrogens (tertiary/aromatic N) is 4. The number of carbonyl (C=O) groups is 2. The molecule has 3 rings (SSSR count). The molecule has 3 N–H and O–H groups in total. The highest BCUT2D eigenvalue weighted by Crippen LogP contribution is 2.23. The average molecular weight is 395 g/mol. The van der Waals surface area contributed by atoms with Gasteiger partial charge in [0.25, 0.3) is 0 Å². The van der Waals surface area contributed by atoms with Crippen LogP contribution in [-0.2, 0) is 0 Å². The summed E-state index contributed by atoms with van der Waals surface area (Å²) >= 11 is 0. The Labute approximate surface area is 169 Å². The standard InChI is InChI=1S/C20H25N7O2/c1-4-21-19(28)27-10-9-14-11-15(7-8-16(14)27)24-17-12-18(23-13-22-17)25-20(29)26(5-2)6-3/h7-13H,4-6H2,1-3H3,(H,21,28)(H2,22,23,24,25,29). The van der Waals surface area contributed by atoms with Gasteiger partial charge in [-0.25, -0.2) is 19.6 Å². The fraction of sp³-hybridized carbons (Fsp3) is 0.300. The van der Waals surface area contributed by atoms with Gasteiger partial charge in [0.2, 0.25) is 0 Å². The van der Waals surface area contributed by atoms with Crippen molar-refractivity contribution >= 4 is 40.3 Å². The quantitative estimate of drug-likeness (QED) is 0.591. The first kappa shape index (κ1) is 20.1. The molecule has 0 unspecified atom stereocenters. The zero-order valence-corrected chi connectivity index (χ0v) is 16.8.